The lowest BCUT2D eigenvalue weighted by atomic mass is 10.2. The van der Waals surface area contributed by atoms with E-state index in [-0.39, 0.29) is 6.35 Å². The van der Waals surface area contributed by atoms with Gasteiger partial charge in [0, 0.05) is 5.30 Å². The van der Waals surface area contributed by atoms with Gasteiger partial charge in [-0.3, -0.25) is 4.57 Å². The highest BCUT2D eigenvalue weighted by Crippen LogP contribution is 2.39. The van der Waals surface area contributed by atoms with E-state index in [2.05, 4.69) is 0 Å². The summed E-state index contributed by atoms with van der Waals surface area (Å²) in [4.78, 5) is 9.89. The molecule has 2 rings (SSSR count). The molecule has 1 N–H and O–H groups in total. The molecule has 0 saturated carbocycles. The molecule has 18 heavy (non-hydrogen) atoms. The fraction of sp³-hybridized carbons (Fsp3) is 0.143. The van der Waals surface area contributed by atoms with E-state index in [9.17, 15) is 9.46 Å². The SMILES string of the molecule is O=P(O)(COCc1ccccc1)c1ccccc1. The summed E-state index contributed by atoms with van der Waals surface area (Å²) in [6, 6.07) is 18.2. The van der Waals surface area contributed by atoms with Crippen LogP contribution in [0.1, 0.15) is 5.56 Å². The summed E-state index contributed by atoms with van der Waals surface area (Å²) in [6.45, 7) is 0.345. The Morgan fingerprint density at radius 3 is 2.11 bits per heavy atom. The first-order valence-electron chi connectivity index (χ1n) is 5.67. The Morgan fingerprint density at radius 1 is 0.944 bits per heavy atom. The molecule has 94 valence electrons. The van der Waals surface area contributed by atoms with Crippen LogP contribution in [0.2, 0.25) is 0 Å². The van der Waals surface area contributed by atoms with Crippen LogP contribution in [0.5, 0.6) is 0 Å². The van der Waals surface area contributed by atoms with Gasteiger partial charge in [0.05, 0.1) is 6.61 Å². The number of benzene rings is 2. The van der Waals surface area contributed by atoms with Crippen LogP contribution >= 0.6 is 7.37 Å². The van der Waals surface area contributed by atoms with Crippen molar-refractivity contribution >= 4 is 12.7 Å². The molecule has 0 aromatic heterocycles. The molecule has 0 saturated heterocycles. The number of rotatable bonds is 5. The molecule has 0 aliphatic carbocycles. The predicted molar refractivity (Wildman–Crippen MR) is 72.0 cm³/mol. The molecule has 2 aromatic carbocycles. The molecule has 0 spiro atoms. The molecule has 0 bridgehead atoms. The molecule has 0 radical (unpaired) electrons. The number of ether oxygens (including phenoxy) is 1. The molecular formula is C14H15O3P. The molecule has 2 aromatic rings. The molecule has 3 nitrogen and oxygen atoms in total. The van der Waals surface area contributed by atoms with Gasteiger partial charge in [-0.15, -0.1) is 0 Å². The van der Waals surface area contributed by atoms with Crippen LogP contribution in [0.4, 0.5) is 0 Å². The van der Waals surface area contributed by atoms with Crippen LogP contribution < -0.4 is 5.30 Å². The second-order valence-corrected chi connectivity index (χ2v) is 6.18. The standard InChI is InChI=1S/C14H15O3P/c15-18(16,14-9-5-2-6-10-14)12-17-11-13-7-3-1-4-8-13/h1-10H,11-12H2,(H,15,16). The van der Waals surface area contributed by atoms with Crippen LogP contribution in [-0.4, -0.2) is 11.2 Å². The van der Waals surface area contributed by atoms with Crippen LogP contribution in [-0.2, 0) is 15.9 Å². The third-order valence-corrected chi connectivity index (χ3v) is 4.18. The topological polar surface area (TPSA) is 46.5 Å². The van der Waals surface area contributed by atoms with Gasteiger partial charge < -0.3 is 9.63 Å². The molecule has 4 heteroatoms. The van der Waals surface area contributed by atoms with Gasteiger partial charge in [-0.1, -0.05) is 48.5 Å². The van der Waals surface area contributed by atoms with Crippen molar-refractivity contribution in [1.29, 1.82) is 0 Å². The van der Waals surface area contributed by atoms with E-state index in [1.165, 1.54) is 0 Å². The smallest absolute Gasteiger partial charge is 0.254 e. The normalized spacial score (nSPS) is 14.1. The van der Waals surface area contributed by atoms with E-state index in [4.69, 9.17) is 4.74 Å². The highest BCUT2D eigenvalue weighted by molar-refractivity contribution is 7.65. The monoisotopic (exact) mass is 262 g/mol. The first kappa shape index (κ1) is 13.0. The molecule has 0 aliphatic rings. The van der Waals surface area contributed by atoms with Crippen molar-refractivity contribution in [3.63, 3.8) is 0 Å². The fourth-order valence-corrected chi connectivity index (χ4v) is 2.72. The largest absolute Gasteiger partial charge is 0.366 e. The molecule has 1 unspecified atom stereocenters. The molecule has 0 amide bonds. The Labute approximate surface area is 107 Å². The van der Waals surface area contributed by atoms with Gasteiger partial charge in [0.2, 0.25) is 0 Å². The van der Waals surface area contributed by atoms with E-state index in [0.29, 0.717) is 11.9 Å². The molecule has 0 heterocycles. The lowest BCUT2D eigenvalue weighted by molar-refractivity contribution is 0.157. The van der Waals surface area contributed by atoms with E-state index in [1.807, 2.05) is 36.4 Å². The Balaban J connectivity index is 1.92. The Morgan fingerprint density at radius 2 is 1.50 bits per heavy atom. The third-order valence-electron chi connectivity index (χ3n) is 2.54. The minimum Gasteiger partial charge on any atom is -0.366 e. The quantitative estimate of drug-likeness (QED) is 0.843. The Hall–Kier alpha value is -1.41. The van der Waals surface area contributed by atoms with Crippen molar-refractivity contribution in [3.8, 4) is 0 Å². The Kier molecular flexibility index (Phi) is 4.32. The first-order chi connectivity index (χ1) is 8.68. The van der Waals surface area contributed by atoms with E-state index in [1.54, 1.807) is 24.3 Å². The van der Waals surface area contributed by atoms with Crippen molar-refractivity contribution in [2.45, 2.75) is 6.61 Å². The predicted octanol–water partition coefficient (Wildman–Crippen LogP) is 2.76. The van der Waals surface area contributed by atoms with Gasteiger partial charge in [0.15, 0.2) is 0 Å². The Bertz CT molecular complexity index is 525. The van der Waals surface area contributed by atoms with Crippen LogP contribution in [0, 0.1) is 0 Å². The van der Waals surface area contributed by atoms with E-state index < -0.39 is 7.37 Å². The number of hydrogen-bond donors (Lipinski definition) is 1. The zero-order valence-electron chi connectivity index (χ0n) is 9.90. The summed E-state index contributed by atoms with van der Waals surface area (Å²) < 4.78 is 17.4. The van der Waals surface area contributed by atoms with Gasteiger partial charge in [-0.25, -0.2) is 0 Å². The summed E-state index contributed by atoms with van der Waals surface area (Å²) in [5.41, 5.74) is 0.991. The highest BCUT2D eigenvalue weighted by Gasteiger charge is 2.20. The van der Waals surface area contributed by atoms with Crippen LogP contribution in [0.25, 0.3) is 0 Å². The molecular weight excluding hydrogens is 247 g/mol. The summed E-state index contributed by atoms with van der Waals surface area (Å²) in [7, 11) is -3.40. The van der Waals surface area contributed by atoms with Gasteiger partial charge in [-0.2, -0.15) is 0 Å². The van der Waals surface area contributed by atoms with Crippen LogP contribution in [0.3, 0.4) is 0 Å². The molecule has 0 fully saturated rings. The van der Waals surface area contributed by atoms with Crippen molar-refractivity contribution < 1.29 is 14.2 Å². The maximum absolute atomic E-state index is 12.0. The number of hydrogen-bond acceptors (Lipinski definition) is 2. The zero-order valence-corrected chi connectivity index (χ0v) is 10.8. The summed E-state index contributed by atoms with van der Waals surface area (Å²) in [5, 5.41) is 0.429. The maximum atomic E-state index is 12.0. The second-order valence-electron chi connectivity index (χ2n) is 4.00. The zero-order chi connectivity index (χ0) is 12.8. The van der Waals surface area contributed by atoms with E-state index >= 15 is 0 Å². The average molecular weight is 262 g/mol. The summed E-state index contributed by atoms with van der Waals surface area (Å²) >= 11 is 0. The lowest BCUT2D eigenvalue weighted by Gasteiger charge is -2.12. The highest BCUT2D eigenvalue weighted by atomic mass is 31.2. The average Bonchev–Trinajstić information content (AvgIpc) is 2.41. The van der Waals surface area contributed by atoms with Crippen molar-refractivity contribution in [3.05, 3.63) is 66.2 Å². The van der Waals surface area contributed by atoms with Gasteiger partial charge in [0.25, 0.3) is 7.37 Å². The first-order valence-corrected chi connectivity index (χ1v) is 7.52. The van der Waals surface area contributed by atoms with Crippen molar-refractivity contribution in [2.75, 3.05) is 6.35 Å². The van der Waals surface area contributed by atoms with E-state index in [0.717, 1.165) is 5.56 Å². The van der Waals surface area contributed by atoms with Gasteiger partial charge in [0.1, 0.15) is 6.35 Å². The molecule has 1 atom stereocenters. The van der Waals surface area contributed by atoms with Crippen LogP contribution in [0.15, 0.2) is 60.7 Å². The van der Waals surface area contributed by atoms with Crippen molar-refractivity contribution in [2.24, 2.45) is 0 Å². The summed E-state index contributed by atoms with van der Waals surface area (Å²) in [5.74, 6) is 0. The summed E-state index contributed by atoms with van der Waals surface area (Å²) in [6.07, 6.45) is -0.161. The third kappa shape index (κ3) is 3.54. The van der Waals surface area contributed by atoms with Gasteiger partial charge >= 0.3 is 0 Å². The second kappa shape index (κ2) is 5.96. The fourth-order valence-electron chi connectivity index (χ4n) is 1.60. The molecule has 0 aliphatic heterocycles. The maximum Gasteiger partial charge on any atom is 0.254 e. The van der Waals surface area contributed by atoms with Gasteiger partial charge in [-0.05, 0) is 17.7 Å². The lowest BCUT2D eigenvalue weighted by Crippen LogP contribution is -2.08. The van der Waals surface area contributed by atoms with Crippen molar-refractivity contribution in [1.82, 2.24) is 0 Å². The minimum absolute atomic E-state index is 0.161. The minimum atomic E-state index is -3.40.